The van der Waals surface area contributed by atoms with Crippen LogP contribution in [0.15, 0.2) is 33.4 Å². The van der Waals surface area contributed by atoms with Gasteiger partial charge >= 0.3 is 0 Å². The fourth-order valence-electron chi connectivity index (χ4n) is 2.15. The van der Waals surface area contributed by atoms with Crippen molar-refractivity contribution in [1.82, 2.24) is 0 Å². The maximum absolute atomic E-state index is 14.0. The van der Waals surface area contributed by atoms with Crippen molar-refractivity contribution >= 4 is 33.3 Å². The first-order chi connectivity index (χ1) is 9.54. The molecule has 0 fully saturated rings. The standard InChI is InChI=1S/C14H9BrFNO3/c15-12-3-2-11(20-12)14(19)8-5-7-1-4-13(18)17-10(7)6-9(8)16/h2-3,5-6H,1,4H2,(H,17,18). The van der Waals surface area contributed by atoms with Crippen LogP contribution in [0, 0.1) is 5.82 Å². The third-order valence-electron chi connectivity index (χ3n) is 3.13. The Hall–Kier alpha value is -1.95. The summed E-state index contributed by atoms with van der Waals surface area (Å²) in [5.74, 6) is -1.28. The average Bonchev–Trinajstić information content (AvgIpc) is 2.84. The molecule has 3 rings (SSSR count). The topological polar surface area (TPSA) is 59.3 Å². The average molecular weight is 338 g/mol. The van der Waals surface area contributed by atoms with Gasteiger partial charge in [0.1, 0.15) is 5.82 Å². The Labute approximate surface area is 122 Å². The molecule has 1 amide bonds. The number of nitrogens with one attached hydrogen (secondary N) is 1. The van der Waals surface area contributed by atoms with Crippen LogP contribution >= 0.6 is 15.9 Å². The van der Waals surface area contributed by atoms with E-state index in [4.69, 9.17) is 4.42 Å². The maximum Gasteiger partial charge on any atom is 0.231 e. The van der Waals surface area contributed by atoms with Crippen LogP contribution in [-0.2, 0) is 11.2 Å². The van der Waals surface area contributed by atoms with Crippen molar-refractivity contribution < 1.29 is 18.4 Å². The van der Waals surface area contributed by atoms with Gasteiger partial charge in [-0.1, -0.05) is 0 Å². The van der Waals surface area contributed by atoms with E-state index in [9.17, 15) is 14.0 Å². The van der Waals surface area contributed by atoms with Gasteiger partial charge in [0.05, 0.1) is 5.56 Å². The molecule has 0 bridgehead atoms. The first-order valence-electron chi connectivity index (χ1n) is 5.97. The maximum atomic E-state index is 14.0. The normalized spacial score (nSPS) is 13.8. The number of aryl methyl sites for hydroxylation is 1. The predicted octanol–water partition coefficient (Wildman–Crippen LogP) is 3.30. The number of carbonyl (C=O) groups is 2. The van der Waals surface area contributed by atoms with E-state index in [-0.39, 0.29) is 17.2 Å². The van der Waals surface area contributed by atoms with Crippen LogP contribution in [0.3, 0.4) is 0 Å². The zero-order chi connectivity index (χ0) is 14.3. The van der Waals surface area contributed by atoms with Crippen LogP contribution in [-0.4, -0.2) is 11.7 Å². The van der Waals surface area contributed by atoms with Gasteiger partial charge in [0, 0.05) is 12.1 Å². The van der Waals surface area contributed by atoms with Gasteiger partial charge in [0.15, 0.2) is 10.4 Å². The second-order valence-electron chi connectivity index (χ2n) is 4.47. The molecule has 0 radical (unpaired) electrons. The Bertz CT molecular complexity index is 723. The second-order valence-corrected chi connectivity index (χ2v) is 5.25. The molecule has 0 saturated heterocycles. The number of hydrogen-bond acceptors (Lipinski definition) is 3. The minimum absolute atomic E-state index is 0.0539. The Morgan fingerprint density at radius 2 is 2.10 bits per heavy atom. The van der Waals surface area contributed by atoms with E-state index in [0.29, 0.717) is 23.2 Å². The molecule has 0 spiro atoms. The highest BCUT2D eigenvalue weighted by molar-refractivity contribution is 9.10. The highest BCUT2D eigenvalue weighted by atomic mass is 79.9. The molecule has 2 aromatic rings. The van der Waals surface area contributed by atoms with Crippen molar-refractivity contribution in [1.29, 1.82) is 0 Å². The molecule has 1 aliphatic rings. The van der Waals surface area contributed by atoms with Crippen LogP contribution in [0.2, 0.25) is 0 Å². The van der Waals surface area contributed by atoms with Gasteiger partial charge < -0.3 is 9.73 Å². The predicted molar refractivity (Wildman–Crippen MR) is 73.2 cm³/mol. The molecule has 1 aromatic heterocycles. The van der Waals surface area contributed by atoms with Gasteiger partial charge in [0.2, 0.25) is 11.7 Å². The molecule has 6 heteroatoms. The molecule has 1 aliphatic heterocycles. The molecule has 2 heterocycles. The third-order valence-corrected chi connectivity index (χ3v) is 3.56. The summed E-state index contributed by atoms with van der Waals surface area (Å²) in [6.07, 6.45) is 0.822. The summed E-state index contributed by atoms with van der Waals surface area (Å²) in [6.45, 7) is 0. The number of ketones is 1. The van der Waals surface area contributed by atoms with E-state index >= 15 is 0 Å². The van der Waals surface area contributed by atoms with Gasteiger partial charge in [-0.3, -0.25) is 9.59 Å². The number of furan rings is 1. The molecule has 0 saturated carbocycles. The molecule has 4 nitrogen and oxygen atoms in total. The number of benzene rings is 1. The lowest BCUT2D eigenvalue weighted by atomic mass is 9.97. The van der Waals surface area contributed by atoms with Gasteiger partial charge in [-0.05, 0) is 52.2 Å². The second kappa shape index (κ2) is 4.86. The summed E-state index contributed by atoms with van der Waals surface area (Å²) in [5.41, 5.74) is 1.12. The molecule has 0 aliphatic carbocycles. The van der Waals surface area contributed by atoms with Crippen LogP contribution in [0.5, 0.6) is 0 Å². The molecule has 1 aromatic carbocycles. The number of anilines is 1. The summed E-state index contributed by atoms with van der Waals surface area (Å²) in [4.78, 5) is 23.4. The fraction of sp³-hybridized carbons (Fsp3) is 0.143. The van der Waals surface area contributed by atoms with Gasteiger partial charge in [-0.2, -0.15) is 0 Å². The Kier molecular flexibility index (Phi) is 3.17. The van der Waals surface area contributed by atoms with E-state index in [1.807, 2.05) is 0 Å². The Balaban J connectivity index is 2.02. The van der Waals surface area contributed by atoms with Gasteiger partial charge in [-0.25, -0.2) is 4.39 Å². The number of hydrogen-bond donors (Lipinski definition) is 1. The molecule has 0 atom stereocenters. The van der Waals surface area contributed by atoms with Crippen molar-refractivity contribution in [2.75, 3.05) is 5.32 Å². The molecule has 102 valence electrons. The summed E-state index contributed by atoms with van der Waals surface area (Å²) < 4.78 is 19.6. The van der Waals surface area contributed by atoms with Crippen LogP contribution in [0.25, 0.3) is 0 Å². The minimum Gasteiger partial charge on any atom is -0.446 e. The quantitative estimate of drug-likeness (QED) is 0.855. The number of fused-ring (bicyclic) bond motifs is 1. The van der Waals surface area contributed by atoms with Crippen molar-refractivity contribution in [3.8, 4) is 0 Å². The van der Waals surface area contributed by atoms with Crippen molar-refractivity contribution in [2.24, 2.45) is 0 Å². The molecule has 1 N–H and O–H groups in total. The van der Waals surface area contributed by atoms with Gasteiger partial charge in [-0.15, -0.1) is 0 Å². The number of carbonyl (C=O) groups excluding carboxylic acids is 2. The van der Waals surface area contributed by atoms with Crippen LogP contribution in [0.4, 0.5) is 10.1 Å². The van der Waals surface area contributed by atoms with Crippen molar-refractivity contribution in [3.05, 3.63) is 51.6 Å². The minimum atomic E-state index is -0.677. The van der Waals surface area contributed by atoms with E-state index in [2.05, 4.69) is 21.2 Å². The highest BCUT2D eigenvalue weighted by Gasteiger charge is 2.22. The lowest BCUT2D eigenvalue weighted by Crippen LogP contribution is -2.20. The smallest absolute Gasteiger partial charge is 0.231 e. The number of rotatable bonds is 2. The lowest BCUT2D eigenvalue weighted by Gasteiger charge is -2.17. The number of amides is 1. The summed E-state index contributed by atoms with van der Waals surface area (Å²) in [5, 5.41) is 2.59. The SMILES string of the molecule is O=C1CCc2cc(C(=O)c3ccc(Br)o3)c(F)cc2N1. The molecular formula is C14H9BrFNO3. The van der Waals surface area contributed by atoms with E-state index in [0.717, 1.165) is 5.56 Å². The van der Waals surface area contributed by atoms with Gasteiger partial charge in [0.25, 0.3) is 0 Å². The number of halogens is 2. The zero-order valence-corrected chi connectivity index (χ0v) is 11.8. The Morgan fingerprint density at radius 1 is 1.30 bits per heavy atom. The zero-order valence-electron chi connectivity index (χ0n) is 10.2. The van der Waals surface area contributed by atoms with E-state index in [1.165, 1.54) is 18.2 Å². The monoisotopic (exact) mass is 337 g/mol. The first-order valence-corrected chi connectivity index (χ1v) is 6.76. The lowest BCUT2D eigenvalue weighted by molar-refractivity contribution is -0.116. The van der Waals surface area contributed by atoms with Crippen molar-refractivity contribution in [3.63, 3.8) is 0 Å². The Morgan fingerprint density at radius 3 is 2.80 bits per heavy atom. The summed E-state index contributed by atoms with van der Waals surface area (Å²) in [7, 11) is 0. The molecule has 20 heavy (non-hydrogen) atoms. The van der Waals surface area contributed by atoms with Crippen molar-refractivity contribution in [2.45, 2.75) is 12.8 Å². The fourth-order valence-corrected chi connectivity index (χ4v) is 2.45. The first kappa shape index (κ1) is 13.1. The largest absolute Gasteiger partial charge is 0.446 e. The van der Waals surface area contributed by atoms with E-state index in [1.54, 1.807) is 6.07 Å². The molecular weight excluding hydrogens is 329 g/mol. The third kappa shape index (κ3) is 2.27. The summed E-state index contributed by atoms with van der Waals surface area (Å²) in [6, 6.07) is 5.71. The summed E-state index contributed by atoms with van der Waals surface area (Å²) >= 11 is 3.10. The van der Waals surface area contributed by atoms with Crippen LogP contribution in [0.1, 0.15) is 28.1 Å². The molecule has 0 unspecified atom stereocenters. The highest BCUT2D eigenvalue weighted by Crippen LogP contribution is 2.27. The van der Waals surface area contributed by atoms with E-state index < -0.39 is 11.6 Å². The van der Waals surface area contributed by atoms with Crippen LogP contribution < -0.4 is 5.32 Å².